The molecule has 4 nitrogen and oxygen atoms in total. The molecule has 1 aromatic heterocycles. The molecule has 0 unspecified atom stereocenters. The van der Waals surface area contributed by atoms with Crippen LogP contribution in [0.25, 0.3) is 0 Å². The van der Waals surface area contributed by atoms with Gasteiger partial charge < -0.3 is 10.1 Å². The number of aromatic amines is 1. The first kappa shape index (κ1) is 10.1. The smallest absolute Gasteiger partial charge is 0.148 e. The van der Waals surface area contributed by atoms with Gasteiger partial charge in [0.15, 0.2) is 0 Å². The summed E-state index contributed by atoms with van der Waals surface area (Å²) in [4.78, 5) is 0. The molecule has 0 aliphatic heterocycles. The van der Waals surface area contributed by atoms with Crippen molar-refractivity contribution >= 4 is 5.82 Å². The Balaban J connectivity index is 2.40. The Morgan fingerprint density at radius 1 is 1.62 bits per heavy atom. The summed E-state index contributed by atoms with van der Waals surface area (Å²) in [5.74, 6) is 1.38. The second-order valence-electron chi connectivity index (χ2n) is 3.28. The van der Waals surface area contributed by atoms with Crippen molar-refractivity contribution in [3.8, 4) is 0 Å². The molecule has 1 aromatic rings. The minimum atomic E-state index is 0.491. The summed E-state index contributed by atoms with van der Waals surface area (Å²) in [5, 5.41) is 10.2. The summed E-state index contributed by atoms with van der Waals surface area (Å²) in [6.07, 6.45) is 0. The van der Waals surface area contributed by atoms with Crippen molar-refractivity contribution in [1.82, 2.24) is 10.2 Å². The fraction of sp³-hybridized carbons (Fsp3) is 0.667. The Bertz CT molecular complexity index is 245. The lowest BCUT2D eigenvalue weighted by Gasteiger charge is -2.00. The second kappa shape index (κ2) is 4.87. The Hall–Kier alpha value is -1.03. The first-order chi connectivity index (χ1) is 6.24. The largest absolute Gasteiger partial charge is 0.383 e. The molecule has 0 radical (unpaired) electrons. The number of nitrogens with one attached hydrogen (secondary N) is 2. The molecule has 74 valence electrons. The summed E-state index contributed by atoms with van der Waals surface area (Å²) in [7, 11) is 1.69. The van der Waals surface area contributed by atoms with Crippen LogP contribution in [0.5, 0.6) is 0 Å². The van der Waals surface area contributed by atoms with Gasteiger partial charge in [-0.15, -0.1) is 0 Å². The number of methoxy groups -OCH3 is 1. The quantitative estimate of drug-likeness (QED) is 0.681. The highest BCUT2D eigenvalue weighted by Gasteiger charge is 2.03. The molecule has 0 atom stereocenters. The highest BCUT2D eigenvalue weighted by molar-refractivity contribution is 5.35. The van der Waals surface area contributed by atoms with Crippen LogP contribution < -0.4 is 5.32 Å². The van der Waals surface area contributed by atoms with Crippen molar-refractivity contribution < 1.29 is 4.74 Å². The molecule has 0 fully saturated rings. The van der Waals surface area contributed by atoms with E-state index in [4.69, 9.17) is 4.74 Å². The monoisotopic (exact) mass is 183 g/mol. The maximum Gasteiger partial charge on any atom is 0.148 e. The highest BCUT2D eigenvalue weighted by Crippen LogP contribution is 2.14. The molecule has 0 aliphatic rings. The van der Waals surface area contributed by atoms with Gasteiger partial charge in [0.1, 0.15) is 5.82 Å². The number of anilines is 1. The molecular formula is C9H17N3O. The highest BCUT2D eigenvalue weighted by atomic mass is 16.5. The number of H-pyrrole nitrogens is 1. The van der Waals surface area contributed by atoms with E-state index in [1.807, 2.05) is 6.07 Å². The normalized spacial score (nSPS) is 10.8. The third-order valence-corrected chi connectivity index (χ3v) is 1.83. The molecule has 4 heteroatoms. The molecule has 2 N–H and O–H groups in total. The van der Waals surface area contributed by atoms with Gasteiger partial charge in [-0.3, -0.25) is 5.10 Å². The van der Waals surface area contributed by atoms with Gasteiger partial charge in [0, 0.05) is 25.4 Å². The Morgan fingerprint density at radius 2 is 2.38 bits per heavy atom. The van der Waals surface area contributed by atoms with Crippen molar-refractivity contribution in [2.24, 2.45) is 0 Å². The number of hydrogen-bond acceptors (Lipinski definition) is 3. The molecule has 0 saturated heterocycles. The van der Waals surface area contributed by atoms with Gasteiger partial charge in [0.05, 0.1) is 6.61 Å². The lowest BCUT2D eigenvalue weighted by Crippen LogP contribution is -2.07. The van der Waals surface area contributed by atoms with Crippen molar-refractivity contribution in [2.75, 3.05) is 25.6 Å². The fourth-order valence-corrected chi connectivity index (χ4v) is 1.00. The van der Waals surface area contributed by atoms with Crippen LogP contribution in [0.2, 0.25) is 0 Å². The van der Waals surface area contributed by atoms with E-state index < -0.39 is 0 Å². The van der Waals surface area contributed by atoms with E-state index >= 15 is 0 Å². The first-order valence-corrected chi connectivity index (χ1v) is 4.52. The standard InChI is InChI=1S/C9H17N3O/c1-7(2)8-6-9(12-11-8)10-4-5-13-3/h6-7H,4-5H2,1-3H3,(H2,10,11,12). The predicted molar refractivity (Wildman–Crippen MR) is 53.0 cm³/mol. The van der Waals surface area contributed by atoms with Gasteiger partial charge in [0.25, 0.3) is 0 Å². The lowest BCUT2D eigenvalue weighted by molar-refractivity contribution is 0.210. The van der Waals surface area contributed by atoms with E-state index in [2.05, 4.69) is 29.4 Å². The van der Waals surface area contributed by atoms with Crippen LogP contribution in [0.1, 0.15) is 25.5 Å². The number of nitrogens with zero attached hydrogens (tertiary/aromatic N) is 1. The van der Waals surface area contributed by atoms with Crippen LogP contribution in [0.15, 0.2) is 6.07 Å². The molecule has 0 aromatic carbocycles. The van der Waals surface area contributed by atoms with Gasteiger partial charge in [0.2, 0.25) is 0 Å². The van der Waals surface area contributed by atoms with E-state index in [0.717, 1.165) is 18.1 Å². The van der Waals surface area contributed by atoms with Crippen LogP contribution in [0.3, 0.4) is 0 Å². The van der Waals surface area contributed by atoms with E-state index in [-0.39, 0.29) is 0 Å². The van der Waals surface area contributed by atoms with E-state index in [9.17, 15) is 0 Å². The van der Waals surface area contributed by atoms with Gasteiger partial charge in [-0.25, -0.2) is 0 Å². The zero-order valence-corrected chi connectivity index (χ0v) is 8.42. The zero-order valence-electron chi connectivity index (χ0n) is 8.42. The minimum absolute atomic E-state index is 0.491. The summed E-state index contributed by atoms with van der Waals surface area (Å²) >= 11 is 0. The number of aromatic nitrogens is 2. The molecule has 0 spiro atoms. The predicted octanol–water partition coefficient (Wildman–Crippen LogP) is 1.59. The molecule has 13 heavy (non-hydrogen) atoms. The van der Waals surface area contributed by atoms with Crippen LogP contribution in [-0.4, -0.2) is 30.5 Å². The van der Waals surface area contributed by atoms with E-state index in [0.29, 0.717) is 12.5 Å². The molecule has 0 aliphatic carbocycles. The Kier molecular flexibility index (Phi) is 3.76. The van der Waals surface area contributed by atoms with Crippen molar-refractivity contribution in [1.29, 1.82) is 0 Å². The average molecular weight is 183 g/mol. The van der Waals surface area contributed by atoms with Crippen molar-refractivity contribution in [3.63, 3.8) is 0 Å². The number of rotatable bonds is 5. The second-order valence-corrected chi connectivity index (χ2v) is 3.28. The summed E-state index contributed by atoms with van der Waals surface area (Å²) in [5.41, 5.74) is 1.15. The molecule has 1 rings (SSSR count). The topological polar surface area (TPSA) is 49.9 Å². The summed E-state index contributed by atoms with van der Waals surface area (Å²) in [6.45, 7) is 5.75. The Labute approximate surface area is 78.7 Å². The minimum Gasteiger partial charge on any atom is -0.383 e. The maximum absolute atomic E-state index is 4.92. The SMILES string of the molecule is COCCNc1cc(C(C)C)[nH]n1. The molecule has 0 bridgehead atoms. The van der Waals surface area contributed by atoms with Crippen LogP contribution in [-0.2, 0) is 4.74 Å². The van der Waals surface area contributed by atoms with Crippen LogP contribution in [0, 0.1) is 0 Å². The summed E-state index contributed by atoms with van der Waals surface area (Å²) in [6, 6.07) is 2.03. The van der Waals surface area contributed by atoms with Crippen molar-refractivity contribution in [2.45, 2.75) is 19.8 Å². The number of hydrogen-bond donors (Lipinski definition) is 2. The van der Waals surface area contributed by atoms with E-state index in [1.54, 1.807) is 7.11 Å². The summed E-state index contributed by atoms with van der Waals surface area (Å²) < 4.78 is 4.92. The average Bonchev–Trinajstić information content (AvgIpc) is 2.53. The third kappa shape index (κ3) is 3.06. The number of ether oxygens (including phenoxy) is 1. The fourth-order valence-electron chi connectivity index (χ4n) is 1.00. The van der Waals surface area contributed by atoms with E-state index in [1.165, 1.54) is 0 Å². The van der Waals surface area contributed by atoms with Crippen LogP contribution in [0.4, 0.5) is 5.82 Å². The van der Waals surface area contributed by atoms with Crippen molar-refractivity contribution in [3.05, 3.63) is 11.8 Å². The van der Waals surface area contributed by atoms with Gasteiger partial charge in [-0.2, -0.15) is 5.10 Å². The Morgan fingerprint density at radius 3 is 2.92 bits per heavy atom. The third-order valence-electron chi connectivity index (χ3n) is 1.83. The molecule has 1 heterocycles. The first-order valence-electron chi connectivity index (χ1n) is 4.52. The van der Waals surface area contributed by atoms with Crippen LogP contribution >= 0.6 is 0 Å². The molecule has 0 saturated carbocycles. The van der Waals surface area contributed by atoms with Gasteiger partial charge in [-0.1, -0.05) is 13.8 Å². The van der Waals surface area contributed by atoms with Gasteiger partial charge in [-0.05, 0) is 5.92 Å². The van der Waals surface area contributed by atoms with Gasteiger partial charge >= 0.3 is 0 Å². The molecule has 0 amide bonds. The lowest BCUT2D eigenvalue weighted by atomic mass is 10.1. The maximum atomic E-state index is 4.92. The zero-order chi connectivity index (χ0) is 9.68. The molecular weight excluding hydrogens is 166 g/mol.